The zero-order chi connectivity index (χ0) is 15.1. The molecule has 0 spiro atoms. The number of hydrogen-bond acceptors (Lipinski definition) is 3. The first-order valence-corrected chi connectivity index (χ1v) is 7.69. The van der Waals surface area contributed by atoms with E-state index in [4.69, 9.17) is 10.5 Å². The van der Waals surface area contributed by atoms with Gasteiger partial charge in [0.2, 0.25) is 0 Å². The van der Waals surface area contributed by atoms with Gasteiger partial charge < -0.3 is 10.5 Å². The van der Waals surface area contributed by atoms with Crippen LogP contribution in [0.4, 0.5) is 4.39 Å². The van der Waals surface area contributed by atoms with E-state index in [9.17, 15) is 4.39 Å². The van der Waals surface area contributed by atoms with E-state index in [1.165, 1.54) is 11.0 Å². The summed E-state index contributed by atoms with van der Waals surface area (Å²) in [7, 11) is 0. The fraction of sp³-hybridized carbons (Fsp3) is 0.176. The molecule has 0 amide bonds. The molecule has 0 aromatic heterocycles. The average Bonchev–Trinajstić information content (AvgIpc) is 2.53. The van der Waals surface area contributed by atoms with Gasteiger partial charge in [-0.25, -0.2) is 4.39 Å². The Morgan fingerprint density at radius 3 is 2.62 bits per heavy atom. The van der Waals surface area contributed by atoms with Gasteiger partial charge in [0.25, 0.3) is 0 Å². The van der Waals surface area contributed by atoms with Crippen molar-refractivity contribution in [1.29, 1.82) is 0 Å². The van der Waals surface area contributed by atoms with E-state index in [2.05, 4.69) is 11.8 Å². The number of nitrogens with two attached hydrogens (primary N) is 1. The maximum atomic E-state index is 13.6. The van der Waals surface area contributed by atoms with E-state index in [1.807, 2.05) is 30.5 Å². The van der Waals surface area contributed by atoms with Crippen LogP contribution in [0.1, 0.15) is 11.1 Å². The quantitative estimate of drug-likeness (QED) is 0.694. The zero-order valence-electron chi connectivity index (χ0n) is 11.7. The van der Waals surface area contributed by atoms with Crippen LogP contribution >= 0.6 is 11.8 Å². The fourth-order valence-corrected chi connectivity index (χ4v) is 2.15. The lowest BCUT2D eigenvalue weighted by Gasteiger charge is -2.07. The molecule has 2 N–H and O–H groups in total. The molecular weight excluding hydrogens is 285 g/mol. The summed E-state index contributed by atoms with van der Waals surface area (Å²) >= 11 is 1.68. The van der Waals surface area contributed by atoms with Crippen LogP contribution in [0.5, 0.6) is 5.75 Å². The lowest BCUT2D eigenvalue weighted by molar-refractivity contribution is 0.306. The number of thioether (sulfide) groups is 1. The molecule has 0 aliphatic rings. The molecule has 0 saturated heterocycles. The summed E-state index contributed by atoms with van der Waals surface area (Å²) in [6.45, 7) is 0.582. The minimum atomic E-state index is -0.343. The van der Waals surface area contributed by atoms with Crippen molar-refractivity contribution in [2.24, 2.45) is 5.73 Å². The van der Waals surface area contributed by atoms with Crippen molar-refractivity contribution in [3.63, 3.8) is 0 Å². The van der Waals surface area contributed by atoms with Crippen LogP contribution in [-0.4, -0.2) is 12.8 Å². The first-order chi connectivity index (χ1) is 10.2. The number of halogens is 1. The normalized spacial score (nSPS) is 9.86. The van der Waals surface area contributed by atoms with Crippen LogP contribution < -0.4 is 10.5 Å². The van der Waals surface area contributed by atoms with E-state index in [0.717, 1.165) is 11.3 Å². The molecule has 0 aliphatic heterocycles. The molecule has 0 atom stereocenters. The standard InChI is InChI=1S/C17H16FNOS/c1-21-16-7-5-15(6-8-16)20-12-13-4-9-17(18)14(11-13)3-2-10-19/h4-9,11H,10,12,19H2,1H3. The molecular formula is C17H16FNOS. The largest absolute Gasteiger partial charge is 0.489 e. The van der Waals surface area contributed by atoms with Crippen LogP contribution in [0, 0.1) is 17.7 Å². The summed E-state index contributed by atoms with van der Waals surface area (Å²) < 4.78 is 19.2. The highest BCUT2D eigenvalue weighted by atomic mass is 32.2. The molecule has 0 saturated carbocycles. The van der Waals surface area contributed by atoms with Crippen molar-refractivity contribution in [1.82, 2.24) is 0 Å². The molecule has 4 heteroatoms. The van der Waals surface area contributed by atoms with Gasteiger partial charge in [0.15, 0.2) is 0 Å². The minimum absolute atomic E-state index is 0.210. The highest BCUT2D eigenvalue weighted by Crippen LogP contribution is 2.20. The highest BCUT2D eigenvalue weighted by molar-refractivity contribution is 7.98. The molecule has 0 fully saturated rings. The van der Waals surface area contributed by atoms with Crippen LogP contribution in [0.15, 0.2) is 47.4 Å². The summed E-state index contributed by atoms with van der Waals surface area (Å²) in [5, 5.41) is 0. The van der Waals surface area contributed by atoms with Crippen molar-refractivity contribution in [2.45, 2.75) is 11.5 Å². The molecule has 21 heavy (non-hydrogen) atoms. The van der Waals surface area contributed by atoms with Crippen molar-refractivity contribution in [3.05, 3.63) is 59.4 Å². The first kappa shape index (κ1) is 15.4. The molecule has 0 unspecified atom stereocenters. The van der Waals surface area contributed by atoms with Gasteiger partial charge in [-0.15, -0.1) is 11.8 Å². The molecule has 0 bridgehead atoms. The van der Waals surface area contributed by atoms with Crippen LogP contribution in [0.2, 0.25) is 0 Å². The van der Waals surface area contributed by atoms with Crippen molar-refractivity contribution >= 4 is 11.8 Å². The molecule has 0 aliphatic carbocycles. The van der Waals surface area contributed by atoms with Gasteiger partial charge in [0, 0.05) is 4.90 Å². The maximum absolute atomic E-state index is 13.6. The molecule has 108 valence electrons. The second-order valence-electron chi connectivity index (χ2n) is 4.28. The van der Waals surface area contributed by atoms with Crippen molar-refractivity contribution in [3.8, 4) is 17.6 Å². The van der Waals surface area contributed by atoms with Gasteiger partial charge in [-0.1, -0.05) is 17.9 Å². The van der Waals surface area contributed by atoms with Gasteiger partial charge in [0.05, 0.1) is 12.1 Å². The molecule has 2 nitrogen and oxygen atoms in total. The Morgan fingerprint density at radius 1 is 1.19 bits per heavy atom. The van der Waals surface area contributed by atoms with Crippen LogP contribution in [0.25, 0.3) is 0 Å². The van der Waals surface area contributed by atoms with Gasteiger partial charge in [-0.05, 0) is 48.2 Å². The van der Waals surface area contributed by atoms with Gasteiger partial charge in [-0.2, -0.15) is 0 Å². The second kappa shape index (κ2) is 7.72. The van der Waals surface area contributed by atoms with E-state index in [-0.39, 0.29) is 12.4 Å². The topological polar surface area (TPSA) is 35.2 Å². The smallest absolute Gasteiger partial charge is 0.138 e. The fourth-order valence-electron chi connectivity index (χ4n) is 1.74. The van der Waals surface area contributed by atoms with E-state index < -0.39 is 0 Å². The SMILES string of the molecule is CSc1ccc(OCc2ccc(F)c(C#CCN)c2)cc1. The van der Waals surface area contributed by atoms with E-state index >= 15 is 0 Å². The summed E-state index contributed by atoms with van der Waals surface area (Å²) in [4.78, 5) is 1.18. The summed E-state index contributed by atoms with van der Waals surface area (Å²) in [6, 6.07) is 12.6. The number of ether oxygens (including phenoxy) is 1. The molecule has 2 rings (SSSR count). The van der Waals surface area contributed by atoms with E-state index in [1.54, 1.807) is 23.9 Å². The lowest BCUT2D eigenvalue weighted by atomic mass is 10.1. The van der Waals surface area contributed by atoms with Crippen molar-refractivity contribution < 1.29 is 9.13 Å². The van der Waals surface area contributed by atoms with Crippen LogP contribution in [-0.2, 0) is 6.61 Å². The van der Waals surface area contributed by atoms with Gasteiger partial charge in [0.1, 0.15) is 18.2 Å². The molecule has 0 radical (unpaired) electrons. The summed E-state index contributed by atoms with van der Waals surface area (Å²) in [5.74, 6) is 5.81. The molecule has 0 heterocycles. The maximum Gasteiger partial charge on any atom is 0.138 e. The van der Waals surface area contributed by atoms with Crippen molar-refractivity contribution in [2.75, 3.05) is 12.8 Å². The minimum Gasteiger partial charge on any atom is -0.489 e. The number of rotatable bonds is 4. The van der Waals surface area contributed by atoms with E-state index in [0.29, 0.717) is 12.2 Å². The first-order valence-electron chi connectivity index (χ1n) is 6.47. The third-order valence-electron chi connectivity index (χ3n) is 2.82. The Labute approximate surface area is 128 Å². The predicted molar refractivity (Wildman–Crippen MR) is 84.9 cm³/mol. The highest BCUT2D eigenvalue weighted by Gasteiger charge is 2.02. The lowest BCUT2D eigenvalue weighted by Crippen LogP contribution is -1.98. The average molecular weight is 301 g/mol. The Morgan fingerprint density at radius 2 is 1.95 bits per heavy atom. The van der Waals surface area contributed by atoms with Gasteiger partial charge >= 0.3 is 0 Å². The third kappa shape index (κ3) is 4.52. The third-order valence-corrected chi connectivity index (χ3v) is 3.56. The Kier molecular flexibility index (Phi) is 5.68. The Bertz CT molecular complexity index is 659. The molecule has 2 aromatic carbocycles. The predicted octanol–water partition coefficient (Wildman–Crippen LogP) is 3.44. The summed E-state index contributed by atoms with van der Waals surface area (Å²) in [6.07, 6.45) is 2.03. The summed E-state index contributed by atoms with van der Waals surface area (Å²) in [5.41, 5.74) is 6.51. The monoisotopic (exact) mass is 301 g/mol. The molecule has 2 aromatic rings. The zero-order valence-corrected chi connectivity index (χ0v) is 12.5. The van der Waals surface area contributed by atoms with Gasteiger partial charge in [-0.3, -0.25) is 0 Å². The number of benzene rings is 2. The number of hydrogen-bond donors (Lipinski definition) is 1. The Balaban J connectivity index is 2.05. The van der Waals surface area contributed by atoms with Crippen LogP contribution in [0.3, 0.4) is 0 Å². The second-order valence-corrected chi connectivity index (χ2v) is 5.16. The Hall–Kier alpha value is -1.96.